The van der Waals surface area contributed by atoms with E-state index in [1.807, 2.05) is 18.2 Å². The van der Waals surface area contributed by atoms with Crippen LogP contribution >= 0.6 is 11.6 Å². The monoisotopic (exact) mass is 305 g/mol. The summed E-state index contributed by atoms with van der Waals surface area (Å²) in [6, 6.07) is 10.2. The van der Waals surface area contributed by atoms with Crippen LogP contribution in [0.15, 0.2) is 40.8 Å². The molecule has 1 aromatic carbocycles. The molecule has 1 aliphatic carbocycles. The first-order valence-electron chi connectivity index (χ1n) is 6.44. The molecule has 1 amide bonds. The lowest BCUT2D eigenvalue weighted by molar-refractivity contribution is 0.0659. The first-order valence-corrected chi connectivity index (χ1v) is 6.82. The minimum atomic E-state index is -1.20. The van der Waals surface area contributed by atoms with Gasteiger partial charge in [-0.05, 0) is 36.2 Å². The van der Waals surface area contributed by atoms with Crippen LogP contribution in [-0.4, -0.2) is 23.0 Å². The van der Waals surface area contributed by atoms with Crippen LogP contribution < -0.4 is 5.32 Å². The van der Waals surface area contributed by atoms with Gasteiger partial charge in [0.15, 0.2) is 5.76 Å². The third-order valence-electron chi connectivity index (χ3n) is 3.42. The molecule has 2 atom stereocenters. The van der Waals surface area contributed by atoms with Crippen molar-refractivity contribution in [1.82, 2.24) is 5.32 Å². The average molecular weight is 306 g/mol. The molecule has 1 heterocycles. The van der Waals surface area contributed by atoms with Crippen LogP contribution in [0.3, 0.4) is 0 Å². The highest BCUT2D eigenvalue weighted by molar-refractivity contribution is 6.30. The molecule has 2 aromatic rings. The van der Waals surface area contributed by atoms with E-state index in [-0.39, 0.29) is 23.5 Å². The van der Waals surface area contributed by atoms with Gasteiger partial charge in [-0.1, -0.05) is 23.7 Å². The lowest BCUT2D eigenvalue weighted by Gasteiger charge is -2.03. The Bertz CT molecular complexity index is 709. The largest absolute Gasteiger partial charge is 0.475 e. The zero-order valence-electron chi connectivity index (χ0n) is 10.9. The molecule has 1 aliphatic rings. The van der Waals surface area contributed by atoms with Crippen molar-refractivity contribution >= 4 is 23.5 Å². The number of carboxylic acids is 1. The van der Waals surface area contributed by atoms with Gasteiger partial charge in [0.2, 0.25) is 5.76 Å². The van der Waals surface area contributed by atoms with Crippen LogP contribution in [0.25, 0.3) is 0 Å². The molecule has 2 unspecified atom stereocenters. The zero-order chi connectivity index (χ0) is 15.0. The summed E-state index contributed by atoms with van der Waals surface area (Å²) in [4.78, 5) is 22.7. The van der Waals surface area contributed by atoms with Gasteiger partial charge in [0.1, 0.15) is 0 Å². The minimum Gasteiger partial charge on any atom is -0.475 e. The Kier molecular flexibility index (Phi) is 3.43. The van der Waals surface area contributed by atoms with Crippen molar-refractivity contribution in [3.05, 3.63) is 58.5 Å². The van der Waals surface area contributed by atoms with Crippen molar-refractivity contribution in [3.63, 3.8) is 0 Å². The molecular weight excluding hydrogens is 294 g/mol. The molecule has 5 nitrogen and oxygen atoms in total. The van der Waals surface area contributed by atoms with Crippen molar-refractivity contribution in [2.75, 3.05) is 0 Å². The Balaban J connectivity index is 1.63. The van der Waals surface area contributed by atoms with Crippen LogP contribution in [0.2, 0.25) is 5.02 Å². The molecule has 3 rings (SSSR count). The third-order valence-corrected chi connectivity index (χ3v) is 3.66. The maximum absolute atomic E-state index is 12.0. The van der Waals surface area contributed by atoms with Gasteiger partial charge in [-0.15, -0.1) is 0 Å². The van der Waals surface area contributed by atoms with E-state index in [1.165, 1.54) is 12.1 Å². The van der Waals surface area contributed by atoms with Gasteiger partial charge in [-0.3, -0.25) is 4.79 Å². The summed E-state index contributed by atoms with van der Waals surface area (Å²) < 4.78 is 4.96. The Morgan fingerprint density at radius 2 is 2.00 bits per heavy atom. The number of amides is 1. The molecule has 0 spiro atoms. The van der Waals surface area contributed by atoms with E-state index in [2.05, 4.69) is 5.32 Å². The molecule has 108 valence electrons. The van der Waals surface area contributed by atoms with Gasteiger partial charge in [0.25, 0.3) is 5.91 Å². The molecule has 0 aliphatic heterocycles. The van der Waals surface area contributed by atoms with Crippen LogP contribution in [0.4, 0.5) is 0 Å². The summed E-state index contributed by atoms with van der Waals surface area (Å²) in [7, 11) is 0. The summed E-state index contributed by atoms with van der Waals surface area (Å²) in [5, 5.41) is 12.2. The van der Waals surface area contributed by atoms with E-state index >= 15 is 0 Å². The van der Waals surface area contributed by atoms with Crippen molar-refractivity contribution in [1.29, 1.82) is 0 Å². The van der Waals surface area contributed by atoms with E-state index in [1.54, 1.807) is 6.07 Å². The Labute approximate surface area is 125 Å². The second kappa shape index (κ2) is 5.26. The van der Waals surface area contributed by atoms with Crippen molar-refractivity contribution in [2.24, 2.45) is 0 Å². The molecular formula is C15H12ClNO4. The number of hydrogen-bond acceptors (Lipinski definition) is 3. The lowest BCUT2D eigenvalue weighted by Crippen LogP contribution is -2.26. The van der Waals surface area contributed by atoms with Crippen molar-refractivity contribution < 1.29 is 19.1 Å². The number of aromatic carboxylic acids is 1. The smallest absolute Gasteiger partial charge is 0.371 e. The summed E-state index contributed by atoms with van der Waals surface area (Å²) in [6.45, 7) is 0. The number of carboxylic acid groups (broad SMARTS) is 1. The normalized spacial score (nSPS) is 20.0. The Hall–Kier alpha value is -2.27. The van der Waals surface area contributed by atoms with Gasteiger partial charge in [0.05, 0.1) is 0 Å². The molecule has 0 bridgehead atoms. The molecule has 21 heavy (non-hydrogen) atoms. The predicted molar refractivity (Wildman–Crippen MR) is 75.7 cm³/mol. The minimum absolute atomic E-state index is 0.00384. The van der Waals surface area contributed by atoms with Gasteiger partial charge in [-0.25, -0.2) is 4.79 Å². The summed E-state index contributed by atoms with van der Waals surface area (Å²) in [5.41, 5.74) is 1.08. The maximum Gasteiger partial charge on any atom is 0.371 e. The van der Waals surface area contributed by atoms with E-state index in [0.29, 0.717) is 5.02 Å². The average Bonchev–Trinajstić information content (AvgIpc) is 3.01. The summed E-state index contributed by atoms with van der Waals surface area (Å²) >= 11 is 5.94. The second-order valence-electron chi connectivity index (χ2n) is 4.95. The fraction of sp³-hybridized carbons (Fsp3) is 0.200. The second-order valence-corrected chi connectivity index (χ2v) is 5.38. The van der Waals surface area contributed by atoms with Gasteiger partial charge in [-0.2, -0.15) is 0 Å². The number of carbonyl (C=O) groups is 2. The number of rotatable bonds is 4. The fourth-order valence-corrected chi connectivity index (χ4v) is 2.47. The summed E-state index contributed by atoms with van der Waals surface area (Å²) in [5.74, 6) is -1.61. The molecule has 1 aromatic heterocycles. The standard InChI is InChI=1S/C15H12ClNO4/c16-9-3-1-2-8(6-9)10-7-11(10)17-14(18)12-4-5-13(21-12)15(19)20/h1-6,10-11H,7H2,(H,17,18)(H,19,20). The van der Waals surface area contributed by atoms with E-state index in [4.69, 9.17) is 21.1 Å². The van der Waals surface area contributed by atoms with Crippen LogP contribution in [-0.2, 0) is 0 Å². The topological polar surface area (TPSA) is 79.5 Å². The zero-order valence-corrected chi connectivity index (χ0v) is 11.6. The first-order chi connectivity index (χ1) is 10.0. The van der Waals surface area contributed by atoms with Crippen LogP contribution in [0.5, 0.6) is 0 Å². The highest BCUT2D eigenvalue weighted by atomic mass is 35.5. The maximum atomic E-state index is 12.0. The SMILES string of the molecule is O=C(O)c1ccc(C(=O)NC2CC2c2cccc(Cl)c2)o1. The third kappa shape index (κ3) is 2.92. The van der Waals surface area contributed by atoms with Gasteiger partial charge >= 0.3 is 5.97 Å². The molecule has 1 saturated carbocycles. The Morgan fingerprint density at radius 1 is 1.24 bits per heavy atom. The number of benzene rings is 1. The van der Waals surface area contributed by atoms with Crippen LogP contribution in [0, 0.1) is 0 Å². The first kappa shape index (κ1) is 13.7. The number of hydrogen-bond donors (Lipinski definition) is 2. The van der Waals surface area contributed by atoms with Gasteiger partial charge in [0, 0.05) is 17.0 Å². The lowest BCUT2D eigenvalue weighted by atomic mass is 10.1. The molecule has 1 fully saturated rings. The Morgan fingerprint density at radius 3 is 2.67 bits per heavy atom. The van der Waals surface area contributed by atoms with Crippen molar-refractivity contribution in [2.45, 2.75) is 18.4 Å². The van der Waals surface area contributed by atoms with E-state index < -0.39 is 11.9 Å². The fourth-order valence-electron chi connectivity index (χ4n) is 2.27. The number of halogens is 1. The van der Waals surface area contributed by atoms with E-state index in [0.717, 1.165) is 12.0 Å². The molecule has 2 N–H and O–H groups in total. The van der Waals surface area contributed by atoms with Gasteiger partial charge < -0.3 is 14.8 Å². The van der Waals surface area contributed by atoms with E-state index in [9.17, 15) is 9.59 Å². The molecule has 0 radical (unpaired) electrons. The predicted octanol–water partition coefficient (Wildman–Crippen LogP) is 2.92. The van der Waals surface area contributed by atoms with Crippen LogP contribution in [0.1, 0.15) is 39.0 Å². The van der Waals surface area contributed by atoms with Crippen molar-refractivity contribution in [3.8, 4) is 0 Å². The highest BCUT2D eigenvalue weighted by Crippen LogP contribution is 2.41. The number of furan rings is 1. The quantitative estimate of drug-likeness (QED) is 0.910. The number of carbonyl (C=O) groups excluding carboxylic acids is 1. The highest BCUT2D eigenvalue weighted by Gasteiger charge is 2.40. The molecule has 0 saturated heterocycles. The summed E-state index contributed by atoms with van der Waals surface area (Å²) in [6.07, 6.45) is 0.832. The number of nitrogens with one attached hydrogen (secondary N) is 1. The molecule has 6 heteroatoms.